The van der Waals surface area contributed by atoms with Crippen LogP contribution in [0.4, 0.5) is 0 Å². The topological polar surface area (TPSA) is 18.5 Å². The second-order valence-electron chi connectivity index (χ2n) is 5.35. The van der Waals surface area contributed by atoms with Gasteiger partial charge >= 0.3 is 0 Å². The van der Waals surface area contributed by atoms with Crippen LogP contribution in [-0.4, -0.2) is 61.2 Å². The fourth-order valence-corrected chi connectivity index (χ4v) is 2.54. The van der Waals surface area contributed by atoms with Gasteiger partial charge in [-0.3, -0.25) is 9.80 Å². The van der Waals surface area contributed by atoms with E-state index in [1.807, 2.05) is 0 Å². The maximum Gasteiger partial charge on any atom is 0.0277 e. The van der Waals surface area contributed by atoms with E-state index in [9.17, 15) is 0 Å². The Bertz CT molecular complexity index is 197. The first-order chi connectivity index (χ1) is 6.59. The van der Waals surface area contributed by atoms with Crippen LogP contribution in [0.1, 0.15) is 20.3 Å². The number of hydrogen-bond acceptors (Lipinski definition) is 3. The van der Waals surface area contributed by atoms with Crippen molar-refractivity contribution in [1.29, 1.82) is 0 Å². The molecule has 0 saturated carbocycles. The van der Waals surface area contributed by atoms with E-state index in [1.54, 1.807) is 0 Å². The molecular weight excluding hydrogens is 174 g/mol. The molecule has 2 aliphatic heterocycles. The maximum absolute atomic E-state index is 3.45. The zero-order valence-corrected chi connectivity index (χ0v) is 9.71. The molecule has 2 rings (SSSR count). The summed E-state index contributed by atoms with van der Waals surface area (Å²) in [4.78, 5) is 5.14. The lowest BCUT2D eigenvalue weighted by atomic mass is 9.98. The molecule has 3 heteroatoms. The Morgan fingerprint density at radius 3 is 2.64 bits per heavy atom. The lowest BCUT2D eigenvalue weighted by Crippen LogP contribution is -2.60. The average Bonchev–Trinajstić information content (AvgIpc) is 2.62. The Balaban J connectivity index is 1.95. The van der Waals surface area contributed by atoms with E-state index in [-0.39, 0.29) is 0 Å². The van der Waals surface area contributed by atoms with Crippen molar-refractivity contribution in [2.24, 2.45) is 0 Å². The highest BCUT2D eigenvalue weighted by molar-refractivity contribution is 4.92. The van der Waals surface area contributed by atoms with Crippen molar-refractivity contribution >= 4 is 0 Å². The molecule has 14 heavy (non-hydrogen) atoms. The van der Waals surface area contributed by atoms with Gasteiger partial charge in [0, 0.05) is 37.8 Å². The van der Waals surface area contributed by atoms with Crippen molar-refractivity contribution in [2.75, 3.05) is 39.8 Å². The minimum absolute atomic E-state index is 0.348. The number of nitrogens with zero attached hydrogens (tertiary/aromatic N) is 2. The summed E-state index contributed by atoms with van der Waals surface area (Å²) >= 11 is 0. The molecule has 2 fully saturated rings. The zero-order chi connectivity index (χ0) is 10.2. The van der Waals surface area contributed by atoms with E-state index in [0.29, 0.717) is 5.54 Å². The lowest BCUT2D eigenvalue weighted by molar-refractivity contribution is 0.0210. The van der Waals surface area contributed by atoms with Gasteiger partial charge in [0.05, 0.1) is 0 Å². The van der Waals surface area contributed by atoms with Crippen molar-refractivity contribution < 1.29 is 0 Å². The molecule has 0 aromatic carbocycles. The molecule has 2 aliphatic rings. The molecule has 82 valence electrons. The fourth-order valence-electron chi connectivity index (χ4n) is 2.54. The summed E-state index contributed by atoms with van der Waals surface area (Å²) in [6.07, 6.45) is 1.33. The van der Waals surface area contributed by atoms with Crippen molar-refractivity contribution in [3.05, 3.63) is 0 Å². The van der Waals surface area contributed by atoms with Gasteiger partial charge in [-0.05, 0) is 33.9 Å². The van der Waals surface area contributed by atoms with Crippen LogP contribution in [-0.2, 0) is 0 Å². The second-order valence-corrected chi connectivity index (χ2v) is 5.35. The van der Waals surface area contributed by atoms with Crippen LogP contribution in [0.15, 0.2) is 0 Å². The van der Waals surface area contributed by atoms with Crippen LogP contribution in [0, 0.1) is 0 Å². The predicted molar refractivity (Wildman–Crippen MR) is 59.6 cm³/mol. The summed E-state index contributed by atoms with van der Waals surface area (Å²) in [6, 6.07) is 0.794. The van der Waals surface area contributed by atoms with E-state index in [2.05, 4.69) is 36.0 Å². The van der Waals surface area contributed by atoms with E-state index in [4.69, 9.17) is 0 Å². The highest BCUT2D eigenvalue weighted by Crippen LogP contribution is 2.22. The summed E-state index contributed by atoms with van der Waals surface area (Å²) in [5.74, 6) is 0. The third-order valence-electron chi connectivity index (χ3n) is 3.90. The Morgan fingerprint density at radius 2 is 2.07 bits per heavy atom. The van der Waals surface area contributed by atoms with Crippen molar-refractivity contribution in [3.63, 3.8) is 0 Å². The van der Waals surface area contributed by atoms with Gasteiger partial charge in [0.25, 0.3) is 0 Å². The number of piperazine rings is 1. The lowest BCUT2D eigenvalue weighted by Gasteiger charge is -2.47. The standard InChI is InChI=1S/C11H23N3/c1-11(2)9-14(7-6-13(11)3)10-4-5-12-8-10/h10,12H,4-9H2,1-3H3. The third-order valence-corrected chi connectivity index (χ3v) is 3.90. The molecule has 2 heterocycles. The molecule has 0 radical (unpaired) electrons. The van der Waals surface area contributed by atoms with E-state index in [1.165, 1.54) is 39.1 Å². The van der Waals surface area contributed by atoms with Gasteiger partial charge in [0.2, 0.25) is 0 Å². The quantitative estimate of drug-likeness (QED) is 0.655. The normalized spacial score (nSPS) is 34.9. The van der Waals surface area contributed by atoms with Crippen LogP contribution < -0.4 is 5.32 Å². The van der Waals surface area contributed by atoms with Gasteiger partial charge < -0.3 is 5.32 Å². The van der Waals surface area contributed by atoms with Crippen molar-refractivity contribution in [3.8, 4) is 0 Å². The van der Waals surface area contributed by atoms with E-state index >= 15 is 0 Å². The molecule has 2 saturated heterocycles. The van der Waals surface area contributed by atoms with E-state index in [0.717, 1.165) is 6.04 Å². The first-order valence-electron chi connectivity index (χ1n) is 5.75. The molecule has 0 aliphatic carbocycles. The molecule has 0 spiro atoms. The highest BCUT2D eigenvalue weighted by atomic mass is 15.3. The molecule has 0 amide bonds. The molecule has 1 atom stereocenters. The maximum atomic E-state index is 3.45. The van der Waals surface area contributed by atoms with Crippen LogP contribution in [0.3, 0.4) is 0 Å². The fraction of sp³-hybridized carbons (Fsp3) is 1.00. The van der Waals surface area contributed by atoms with Crippen LogP contribution >= 0.6 is 0 Å². The minimum atomic E-state index is 0.348. The predicted octanol–water partition coefficient (Wildman–Crippen LogP) is 0.374. The van der Waals surface area contributed by atoms with Gasteiger partial charge in [-0.1, -0.05) is 0 Å². The summed E-state index contributed by atoms with van der Waals surface area (Å²) in [5, 5.41) is 3.45. The third kappa shape index (κ3) is 1.95. The highest BCUT2D eigenvalue weighted by Gasteiger charge is 2.34. The first kappa shape index (κ1) is 10.4. The summed E-state index contributed by atoms with van der Waals surface area (Å²) in [7, 11) is 2.24. The van der Waals surface area contributed by atoms with Gasteiger partial charge in [0.15, 0.2) is 0 Å². The molecule has 1 N–H and O–H groups in total. The van der Waals surface area contributed by atoms with E-state index < -0.39 is 0 Å². The molecule has 0 aromatic rings. The second kappa shape index (κ2) is 3.80. The Hall–Kier alpha value is -0.120. The van der Waals surface area contributed by atoms with Crippen LogP contribution in [0.5, 0.6) is 0 Å². The van der Waals surface area contributed by atoms with Crippen molar-refractivity contribution in [1.82, 2.24) is 15.1 Å². The van der Waals surface area contributed by atoms with Gasteiger partial charge in [0.1, 0.15) is 0 Å². The minimum Gasteiger partial charge on any atom is -0.315 e. The summed E-state index contributed by atoms with van der Waals surface area (Å²) in [6.45, 7) is 10.8. The number of nitrogens with one attached hydrogen (secondary N) is 1. The number of rotatable bonds is 1. The number of hydrogen-bond donors (Lipinski definition) is 1. The molecule has 3 nitrogen and oxygen atoms in total. The van der Waals surface area contributed by atoms with Gasteiger partial charge in [-0.15, -0.1) is 0 Å². The molecular formula is C11H23N3. The number of likely N-dealkylation sites (N-methyl/N-ethyl adjacent to an activating group) is 1. The largest absolute Gasteiger partial charge is 0.315 e. The Morgan fingerprint density at radius 1 is 1.29 bits per heavy atom. The zero-order valence-electron chi connectivity index (χ0n) is 9.71. The van der Waals surface area contributed by atoms with Gasteiger partial charge in [-0.2, -0.15) is 0 Å². The summed E-state index contributed by atoms with van der Waals surface area (Å²) in [5.41, 5.74) is 0.348. The SMILES string of the molecule is CN1CCN(C2CCNC2)CC1(C)C. The monoisotopic (exact) mass is 197 g/mol. The molecule has 0 aromatic heterocycles. The smallest absolute Gasteiger partial charge is 0.0277 e. The average molecular weight is 197 g/mol. The first-order valence-corrected chi connectivity index (χ1v) is 5.75. The summed E-state index contributed by atoms with van der Waals surface area (Å²) < 4.78 is 0. The molecule has 0 bridgehead atoms. The van der Waals surface area contributed by atoms with Crippen LogP contribution in [0.25, 0.3) is 0 Å². The Labute approximate surface area is 87.4 Å². The van der Waals surface area contributed by atoms with Crippen molar-refractivity contribution in [2.45, 2.75) is 31.8 Å². The van der Waals surface area contributed by atoms with Gasteiger partial charge in [-0.25, -0.2) is 0 Å². The Kier molecular flexibility index (Phi) is 2.82. The van der Waals surface area contributed by atoms with Crippen LogP contribution in [0.2, 0.25) is 0 Å². The molecule has 1 unspecified atom stereocenters.